The number of aromatic nitrogens is 2. The molecule has 2 unspecified atom stereocenters. The molecule has 2 rings (SSSR count). The molecule has 0 saturated carbocycles. The van der Waals surface area contributed by atoms with E-state index in [1.165, 1.54) is 12.0 Å². The Bertz CT molecular complexity index is 575. The van der Waals surface area contributed by atoms with Gasteiger partial charge in [0.25, 0.3) is 0 Å². The minimum Gasteiger partial charge on any atom is -0.374 e. The highest BCUT2D eigenvalue weighted by atomic mass is 19.4. The summed E-state index contributed by atoms with van der Waals surface area (Å²) in [6, 6.07) is -1.69. The number of amides is 1. The van der Waals surface area contributed by atoms with Gasteiger partial charge in [-0.05, 0) is 6.92 Å². The van der Waals surface area contributed by atoms with Crippen molar-refractivity contribution in [1.29, 1.82) is 0 Å². The topological polar surface area (TPSA) is 92.5 Å². The Morgan fingerprint density at radius 3 is 2.73 bits per heavy atom. The Labute approximate surface area is 149 Å². The highest BCUT2D eigenvalue weighted by Crippen LogP contribution is 2.24. The van der Waals surface area contributed by atoms with Gasteiger partial charge < -0.3 is 19.9 Å². The van der Waals surface area contributed by atoms with Crippen LogP contribution in [0.25, 0.3) is 0 Å². The number of aryl methyl sites for hydroxylation is 1. The van der Waals surface area contributed by atoms with Crippen LogP contribution in [-0.2, 0) is 16.0 Å². The largest absolute Gasteiger partial charge is 0.405 e. The van der Waals surface area contributed by atoms with E-state index in [2.05, 4.69) is 20.8 Å². The van der Waals surface area contributed by atoms with Crippen molar-refractivity contribution in [1.82, 2.24) is 25.7 Å². The molecule has 26 heavy (non-hydrogen) atoms. The summed E-state index contributed by atoms with van der Waals surface area (Å²) in [4.78, 5) is 17.3. The first-order valence-electron chi connectivity index (χ1n) is 8.44. The van der Waals surface area contributed by atoms with E-state index in [0.717, 1.165) is 0 Å². The van der Waals surface area contributed by atoms with Crippen LogP contribution in [0.5, 0.6) is 0 Å². The lowest BCUT2D eigenvalue weighted by Gasteiger charge is -2.35. The average molecular weight is 379 g/mol. The molecular formula is C15H24F3N5O3. The number of ether oxygens (including phenoxy) is 1. The van der Waals surface area contributed by atoms with Gasteiger partial charge in [0.05, 0.1) is 0 Å². The molecule has 1 amide bonds. The fraction of sp³-hybridized carbons (Fsp3) is 0.800. The number of alkyl halides is 3. The van der Waals surface area contributed by atoms with Crippen LogP contribution in [0.4, 0.5) is 13.2 Å². The molecule has 0 radical (unpaired) electrons. The molecule has 11 heteroatoms. The van der Waals surface area contributed by atoms with Crippen LogP contribution in [0, 0.1) is 0 Å². The highest BCUT2D eigenvalue weighted by Gasteiger charge is 2.43. The maximum absolute atomic E-state index is 13.3. The highest BCUT2D eigenvalue weighted by molar-refractivity contribution is 5.76. The second-order valence-electron chi connectivity index (χ2n) is 6.07. The summed E-state index contributed by atoms with van der Waals surface area (Å²) in [5, 5.41) is 9.10. The molecule has 8 nitrogen and oxygen atoms in total. The lowest BCUT2D eigenvalue weighted by atomic mass is 10.2. The van der Waals surface area contributed by atoms with Crippen LogP contribution >= 0.6 is 0 Å². The first-order chi connectivity index (χ1) is 12.3. The summed E-state index contributed by atoms with van der Waals surface area (Å²) >= 11 is 0. The quantitative estimate of drug-likeness (QED) is 0.686. The molecule has 2 atom stereocenters. The predicted molar refractivity (Wildman–Crippen MR) is 85.3 cm³/mol. The second-order valence-corrected chi connectivity index (χ2v) is 6.07. The number of piperazine rings is 1. The fourth-order valence-electron chi connectivity index (χ4n) is 2.61. The van der Waals surface area contributed by atoms with Gasteiger partial charge >= 0.3 is 6.18 Å². The summed E-state index contributed by atoms with van der Waals surface area (Å²) in [7, 11) is 1.50. The molecule has 2 N–H and O–H groups in total. The Morgan fingerprint density at radius 2 is 2.12 bits per heavy atom. The second kappa shape index (κ2) is 9.28. The van der Waals surface area contributed by atoms with Crippen molar-refractivity contribution in [2.24, 2.45) is 0 Å². The standard InChI is InChI=1S/C15H24F3N5O3/c1-10(25-2)14-21-13(26-22-14)4-3-12(24)20-9-11(15(16,17)18)23-7-5-19-6-8-23/h10-11,19H,3-9H2,1-2H3,(H,20,24). The Hall–Kier alpha value is -1.72. The van der Waals surface area contributed by atoms with E-state index in [0.29, 0.717) is 32.0 Å². The Balaban J connectivity index is 1.81. The molecule has 0 aliphatic carbocycles. The van der Waals surface area contributed by atoms with Crippen molar-refractivity contribution in [2.75, 3.05) is 39.8 Å². The number of carbonyl (C=O) groups excluding carboxylic acids is 1. The van der Waals surface area contributed by atoms with Crippen LogP contribution < -0.4 is 10.6 Å². The van der Waals surface area contributed by atoms with E-state index in [9.17, 15) is 18.0 Å². The molecule has 0 aromatic carbocycles. The van der Waals surface area contributed by atoms with Crippen molar-refractivity contribution in [3.05, 3.63) is 11.7 Å². The molecule has 1 saturated heterocycles. The third-order valence-electron chi connectivity index (χ3n) is 4.23. The molecule has 1 aliphatic rings. The maximum atomic E-state index is 13.3. The normalized spacial score (nSPS) is 18.5. The Morgan fingerprint density at radius 1 is 1.42 bits per heavy atom. The molecule has 2 heterocycles. The summed E-state index contributed by atoms with van der Waals surface area (Å²) in [6.07, 6.45) is -4.62. The first kappa shape index (κ1) is 20.6. The van der Waals surface area contributed by atoms with Gasteiger partial charge in [0.1, 0.15) is 12.1 Å². The van der Waals surface area contributed by atoms with Gasteiger partial charge in [-0.25, -0.2) is 0 Å². The number of nitrogens with zero attached hydrogens (tertiary/aromatic N) is 3. The summed E-state index contributed by atoms with van der Waals surface area (Å²) < 4.78 is 49.8. The molecule has 0 spiro atoms. The minimum atomic E-state index is -4.40. The van der Waals surface area contributed by atoms with Crippen molar-refractivity contribution in [3.8, 4) is 0 Å². The van der Waals surface area contributed by atoms with Crippen LogP contribution in [0.2, 0.25) is 0 Å². The van der Waals surface area contributed by atoms with Crippen LogP contribution in [0.1, 0.15) is 31.2 Å². The number of carbonyl (C=O) groups is 1. The van der Waals surface area contributed by atoms with E-state index in [-0.39, 0.29) is 24.8 Å². The Kier molecular flexibility index (Phi) is 7.35. The number of nitrogens with one attached hydrogen (secondary N) is 2. The third-order valence-corrected chi connectivity index (χ3v) is 4.23. The van der Waals surface area contributed by atoms with Crippen LogP contribution in [0.3, 0.4) is 0 Å². The monoisotopic (exact) mass is 379 g/mol. The molecule has 1 aromatic heterocycles. The van der Waals surface area contributed by atoms with Gasteiger partial charge in [0.15, 0.2) is 5.82 Å². The number of hydrogen-bond donors (Lipinski definition) is 2. The van der Waals surface area contributed by atoms with Gasteiger partial charge in [-0.1, -0.05) is 5.16 Å². The maximum Gasteiger partial charge on any atom is 0.405 e. The van der Waals surface area contributed by atoms with Crippen molar-refractivity contribution in [2.45, 2.75) is 38.1 Å². The average Bonchev–Trinajstić information content (AvgIpc) is 3.08. The van der Waals surface area contributed by atoms with Crippen LogP contribution in [-0.4, -0.2) is 73.0 Å². The lowest BCUT2D eigenvalue weighted by molar-refractivity contribution is -0.184. The summed E-state index contributed by atoms with van der Waals surface area (Å²) in [5.74, 6) is 0.112. The third kappa shape index (κ3) is 5.92. The van der Waals surface area contributed by atoms with Gasteiger partial charge in [-0.15, -0.1) is 0 Å². The first-order valence-corrected chi connectivity index (χ1v) is 8.44. The zero-order chi connectivity index (χ0) is 19.2. The number of halogens is 3. The van der Waals surface area contributed by atoms with E-state index in [1.54, 1.807) is 6.92 Å². The minimum absolute atomic E-state index is 0.0326. The van der Waals surface area contributed by atoms with E-state index < -0.39 is 24.7 Å². The van der Waals surface area contributed by atoms with Gasteiger partial charge in [-0.2, -0.15) is 18.2 Å². The fourth-order valence-corrected chi connectivity index (χ4v) is 2.61. The zero-order valence-electron chi connectivity index (χ0n) is 14.8. The van der Waals surface area contributed by atoms with E-state index in [4.69, 9.17) is 9.26 Å². The van der Waals surface area contributed by atoms with Crippen molar-refractivity contribution < 1.29 is 27.2 Å². The smallest absolute Gasteiger partial charge is 0.374 e. The molecular weight excluding hydrogens is 355 g/mol. The van der Waals surface area contributed by atoms with Gasteiger partial charge in [0.2, 0.25) is 11.8 Å². The van der Waals surface area contributed by atoms with Crippen LogP contribution in [0.15, 0.2) is 4.52 Å². The molecule has 1 aromatic rings. The summed E-state index contributed by atoms with van der Waals surface area (Å²) in [5.41, 5.74) is 0. The predicted octanol–water partition coefficient (Wildman–Crippen LogP) is 0.662. The van der Waals surface area contributed by atoms with Crippen molar-refractivity contribution in [3.63, 3.8) is 0 Å². The number of methoxy groups -OCH3 is 1. The summed E-state index contributed by atoms with van der Waals surface area (Å²) in [6.45, 7) is 2.86. The lowest BCUT2D eigenvalue weighted by Crippen LogP contribution is -2.57. The van der Waals surface area contributed by atoms with E-state index >= 15 is 0 Å². The zero-order valence-corrected chi connectivity index (χ0v) is 14.8. The number of hydrogen-bond acceptors (Lipinski definition) is 7. The van der Waals surface area contributed by atoms with Gasteiger partial charge in [-0.3, -0.25) is 9.69 Å². The van der Waals surface area contributed by atoms with Crippen molar-refractivity contribution >= 4 is 5.91 Å². The van der Waals surface area contributed by atoms with Gasteiger partial charge in [0, 0.05) is 52.7 Å². The molecule has 1 fully saturated rings. The molecule has 1 aliphatic heterocycles. The molecule has 0 bridgehead atoms. The number of rotatable bonds is 8. The molecule has 148 valence electrons. The SMILES string of the molecule is COC(C)c1noc(CCC(=O)NCC(N2CCNCC2)C(F)(F)F)n1. The van der Waals surface area contributed by atoms with E-state index in [1.807, 2.05) is 0 Å².